The first-order valence-electron chi connectivity index (χ1n) is 9.33. The average Bonchev–Trinajstić information content (AvgIpc) is 3.32. The van der Waals surface area contributed by atoms with Crippen molar-refractivity contribution in [1.29, 1.82) is 0 Å². The fourth-order valence-electron chi connectivity index (χ4n) is 3.85. The Balaban J connectivity index is 1.34. The van der Waals surface area contributed by atoms with Crippen LogP contribution in [0.15, 0.2) is 41.8 Å². The summed E-state index contributed by atoms with van der Waals surface area (Å²) in [5.74, 6) is -0.280. The van der Waals surface area contributed by atoms with Crippen molar-refractivity contribution in [3.63, 3.8) is 0 Å². The maximum Gasteiger partial charge on any atom is 0.292 e. The van der Waals surface area contributed by atoms with E-state index < -0.39 is 6.04 Å². The quantitative estimate of drug-likeness (QED) is 0.770. The van der Waals surface area contributed by atoms with Crippen LogP contribution in [0.1, 0.15) is 28.9 Å². The molecule has 6 nitrogen and oxygen atoms in total. The standard InChI is InChI=1S/C20H20ClN3O3S/c21-13-3-5-15(6-4-13)24-18(25)12-16(19(24)26)22-14-7-9-23(10-8-14)20(27)17-2-1-11-28-17/h1-6,11,14,16,22H,7-10,12H2/p+1/t16-/m0/s1. The van der Waals surface area contributed by atoms with Crippen LogP contribution in [-0.4, -0.2) is 47.8 Å². The van der Waals surface area contributed by atoms with Gasteiger partial charge in [-0.15, -0.1) is 11.3 Å². The van der Waals surface area contributed by atoms with Gasteiger partial charge in [-0.05, 0) is 35.7 Å². The normalized spacial score (nSPS) is 20.8. The molecule has 1 atom stereocenters. The van der Waals surface area contributed by atoms with E-state index >= 15 is 0 Å². The van der Waals surface area contributed by atoms with Crippen LogP contribution >= 0.6 is 22.9 Å². The second-order valence-corrected chi connectivity index (χ2v) is 8.54. The highest BCUT2D eigenvalue weighted by molar-refractivity contribution is 7.12. The van der Waals surface area contributed by atoms with Crippen molar-refractivity contribution in [2.75, 3.05) is 18.0 Å². The Labute approximate surface area is 172 Å². The molecule has 2 aromatic rings. The van der Waals surface area contributed by atoms with Gasteiger partial charge in [0.1, 0.15) is 0 Å². The Morgan fingerprint density at radius 3 is 2.46 bits per heavy atom. The summed E-state index contributed by atoms with van der Waals surface area (Å²) in [6.07, 6.45) is 1.84. The summed E-state index contributed by atoms with van der Waals surface area (Å²) in [5.41, 5.74) is 0.562. The number of halogens is 1. The number of nitrogens with zero attached hydrogens (tertiary/aromatic N) is 2. The number of nitrogens with two attached hydrogens (primary N) is 1. The number of imide groups is 1. The molecule has 3 heterocycles. The van der Waals surface area contributed by atoms with Crippen molar-refractivity contribution in [2.45, 2.75) is 31.3 Å². The SMILES string of the molecule is O=C(c1cccs1)N1CCC([NH2+][C@H]2CC(=O)N(c3ccc(Cl)cc3)C2=O)CC1. The second-order valence-electron chi connectivity index (χ2n) is 7.15. The summed E-state index contributed by atoms with van der Waals surface area (Å²) >= 11 is 7.35. The number of anilines is 1. The molecule has 4 rings (SSSR count). The molecule has 0 aliphatic carbocycles. The van der Waals surface area contributed by atoms with Crippen molar-refractivity contribution in [3.8, 4) is 0 Å². The fraction of sp³-hybridized carbons (Fsp3) is 0.350. The first kappa shape index (κ1) is 19.1. The zero-order chi connectivity index (χ0) is 19.7. The van der Waals surface area contributed by atoms with Crippen LogP contribution in [0.5, 0.6) is 0 Å². The van der Waals surface area contributed by atoms with E-state index in [1.54, 1.807) is 24.3 Å². The molecular weight excluding hydrogens is 398 g/mol. The Morgan fingerprint density at radius 1 is 1.11 bits per heavy atom. The van der Waals surface area contributed by atoms with Crippen LogP contribution in [0.3, 0.4) is 0 Å². The predicted molar refractivity (Wildman–Crippen MR) is 108 cm³/mol. The van der Waals surface area contributed by atoms with E-state index in [1.807, 2.05) is 27.7 Å². The molecule has 1 aromatic carbocycles. The zero-order valence-corrected chi connectivity index (χ0v) is 16.8. The third kappa shape index (κ3) is 3.83. The number of carbonyl (C=O) groups is 3. The van der Waals surface area contributed by atoms with E-state index in [0.29, 0.717) is 23.8 Å². The zero-order valence-electron chi connectivity index (χ0n) is 15.2. The number of hydrogen-bond acceptors (Lipinski definition) is 4. The molecule has 2 fully saturated rings. The van der Waals surface area contributed by atoms with Gasteiger partial charge >= 0.3 is 0 Å². The number of likely N-dealkylation sites (tertiary alicyclic amines) is 1. The summed E-state index contributed by atoms with van der Waals surface area (Å²) in [4.78, 5) is 41.5. The highest BCUT2D eigenvalue weighted by Gasteiger charge is 2.43. The monoisotopic (exact) mass is 418 g/mol. The number of carbonyl (C=O) groups excluding carboxylic acids is 3. The lowest BCUT2D eigenvalue weighted by atomic mass is 10.0. The van der Waals surface area contributed by atoms with Crippen molar-refractivity contribution >= 4 is 46.3 Å². The van der Waals surface area contributed by atoms with Gasteiger partial charge in [-0.25, -0.2) is 4.90 Å². The van der Waals surface area contributed by atoms with Gasteiger partial charge in [-0.1, -0.05) is 17.7 Å². The first-order valence-corrected chi connectivity index (χ1v) is 10.6. The Hall–Kier alpha value is -2.22. The Bertz CT molecular complexity index is 877. The minimum atomic E-state index is -0.396. The van der Waals surface area contributed by atoms with Crippen LogP contribution in [0.25, 0.3) is 0 Å². The highest BCUT2D eigenvalue weighted by atomic mass is 35.5. The van der Waals surface area contributed by atoms with Gasteiger partial charge in [-0.3, -0.25) is 14.4 Å². The van der Waals surface area contributed by atoms with Gasteiger partial charge < -0.3 is 10.2 Å². The molecule has 0 bridgehead atoms. The van der Waals surface area contributed by atoms with E-state index in [9.17, 15) is 14.4 Å². The van der Waals surface area contributed by atoms with Gasteiger partial charge in [0.15, 0.2) is 6.04 Å². The molecule has 0 saturated carbocycles. The van der Waals surface area contributed by atoms with E-state index in [0.717, 1.165) is 17.7 Å². The van der Waals surface area contributed by atoms with Crippen molar-refractivity contribution in [3.05, 3.63) is 51.7 Å². The molecule has 0 unspecified atom stereocenters. The summed E-state index contributed by atoms with van der Waals surface area (Å²) in [6.45, 7) is 1.35. The van der Waals surface area contributed by atoms with Crippen LogP contribution in [0.4, 0.5) is 5.69 Å². The molecule has 2 saturated heterocycles. The van der Waals surface area contributed by atoms with Gasteiger partial charge in [0.25, 0.3) is 11.8 Å². The van der Waals surface area contributed by atoms with Crippen LogP contribution in [-0.2, 0) is 9.59 Å². The third-order valence-electron chi connectivity index (χ3n) is 5.33. The molecule has 146 valence electrons. The van der Waals surface area contributed by atoms with Crippen molar-refractivity contribution in [1.82, 2.24) is 4.90 Å². The molecule has 0 radical (unpaired) electrons. The number of amides is 3. The number of rotatable bonds is 4. The molecule has 1 aromatic heterocycles. The van der Waals surface area contributed by atoms with Crippen molar-refractivity contribution in [2.24, 2.45) is 0 Å². The number of hydrogen-bond donors (Lipinski definition) is 1. The average molecular weight is 419 g/mol. The van der Waals surface area contributed by atoms with Gasteiger partial charge in [0, 0.05) is 31.0 Å². The molecule has 0 spiro atoms. The van der Waals surface area contributed by atoms with Gasteiger partial charge in [0.2, 0.25) is 5.91 Å². The maximum absolute atomic E-state index is 12.8. The summed E-state index contributed by atoms with van der Waals surface area (Å²) in [7, 11) is 0. The van der Waals surface area contributed by atoms with E-state index in [1.165, 1.54) is 16.2 Å². The van der Waals surface area contributed by atoms with Gasteiger partial charge in [0.05, 0.1) is 23.0 Å². The molecule has 3 amide bonds. The van der Waals surface area contributed by atoms with Gasteiger partial charge in [-0.2, -0.15) is 0 Å². The molecule has 2 aliphatic heterocycles. The van der Waals surface area contributed by atoms with Crippen LogP contribution in [0, 0.1) is 0 Å². The minimum Gasteiger partial charge on any atom is -0.337 e. The molecule has 8 heteroatoms. The smallest absolute Gasteiger partial charge is 0.292 e. The van der Waals surface area contributed by atoms with Crippen LogP contribution in [0.2, 0.25) is 5.02 Å². The maximum atomic E-state index is 12.8. The number of piperidine rings is 1. The Kier molecular flexibility index (Phi) is 5.48. The lowest BCUT2D eigenvalue weighted by Gasteiger charge is -2.31. The first-order chi connectivity index (χ1) is 13.5. The molecular formula is C20H21ClN3O3S+. The Morgan fingerprint density at radius 2 is 1.82 bits per heavy atom. The molecule has 2 aliphatic rings. The van der Waals surface area contributed by atoms with Crippen LogP contribution < -0.4 is 10.2 Å². The largest absolute Gasteiger partial charge is 0.337 e. The number of thiophene rings is 1. The number of benzene rings is 1. The summed E-state index contributed by atoms with van der Waals surface area (Å²) < 4.78 is 0. The predicted octanol–water partition coefficient (Wildman–Crippen LogP) is 1.90. The number of quaternary nitrogens is 1. The summed E-state index contributed by atoms with van der Waals surface area (Å²) in [6, 6.07) is 10.3. The molecule has 2 N–H and O–H groups in total. The van der Waals surface area contributed by atoms with E-state index in [-0.39, 0.29) is 30.2 Å². The molecule has 28 heavy (non-hydrogen) atoms. The minimum absolute atomic E-state index is 0.0782. The van der Waals surface area contributed by atoms with E-state index in [2.05, 4.69) is 0 Å². The third-order valence-corrected chi connectivity index (χ3v) is 6.44. The highest BCUT2D eigenvalue weighted by Crippen LogP contribution is 2.24. The lowest BCUT2D eigenvalue weighted by Crippen LogP contribution is -2.97. The fourth-order valence-corrected chi connectivity index (χ4v) is 4.66. The topological polar surface area (TPSA) is 74.3 Å². The summed E-state index contributed by atoms with van der Waals surface area (Å²) in [5, 5.41) is 4.49. The second kappa shape index (κ2) is 8.03. The lowest BCUT2D eigenvalue weighted by molar-refractivity contribution is -0.709. The van der Waals surface area contributed by atoms with E-state index in [4.69, 9.17) is 11.6 Å². The van der Waals surface area contributed by atoms with Crippen molar-refractivity contribution < 1.29 is 19.7 Å².